The molecule has 0 radical (unpaired) electrons. The molecule has 2 amide bonds. The molecule has 4 bridgehead atoms. The highest BCUT2D eigenvalue weighted by Crippen LogP contribution is 2.64. The fraction of sp³-hybridized carbons (Fsp3) is 0.875. The van der Waals surface area contributed by atoms with Crippen molar-refractivity contribution in [3.63, 3.8) is 0 Å². The monoisotopic (exact) mass is 356 g/mol. The third-order valence-corrected chi connectivity index (χ3v) is 6.26. The van der Waals surface area contributed by atoms with Crippen LogP contribution in [0.1, 0.15) is 52.4 Å². The fourth-order valence-electron chi connectivity index (χ4n) is 5.14. The van der Waals surface area contributed by atoms with Gasteiger partial charge in [-0.1, -0.05) is 15.9 Å². The second kappa shape index (κ2) is 5.25. The van der Waals surface area contributed by atoms with Crippen LogP contribution in [0.5, 0.6) is 0 Å². The van der Waals surface area contributed by atoms with E-state index in [9.17, 15) is 9.59 Å². The molecule has 4 nitrogen and oxygen atoms in total. The van der Waals surface area contributed by atoms with Gasteiger partial charge in [0.2, 0.25) is 11.8 Å². The zero-order valence-electron chi connectivity index (χ0n) is 12.9. The zero-order chi connectivity index (χ0) is 15.3. The lowest BCUT2D eigenvalue weighted by Gasteiger charge is -2.59. The van der Waals surface area contributed by atoms with Gasteiger partial charge in [0.1, 0.15) is 0 Å². The number of carbonyl (C=O) groups excluding carboxylic acids is 2. The van der Waals surface area contributed by atoms with Crippen molar-refractivity contribution in [2.45, 2.75) is 62.7 Å². The van der Waals surface area contributed by atoms with Gasteiger partial charge in [-0.2, -0.15) is 0 Å². The smallest absolute Gasteiger partial charge is 0.239 e. The first kappa shape index (κ1) is 15.3. The maximum absolute atomic E-state index is 12.7. The van der Waals surface area contributed by atoms with Crippen molar-refractivity contribution in [3.8, 4) is 0 Å². The number of carbonyl (C=O) groups is 2. The predicted octanol–water partition coefficient (Wildman–Crippen LogP) is 2.36. The summed E-state index contributed by atoms with van der Waals surface area (Å²) in [6, 6.07) is 0.111. The summed E-state index contributed by atoms with van der Waals surface area (Å²) in [7, 11) is 0. The fourth-order valence-corrected chi connectivity index (χ4v) is 6.59. The first-order chi connectivity index (χ1) is 9.80. The molecule has 21 heavy (non-hydrogen) atoms. The lowest BCUT2D eigenvalue weighted by molar-refractivity contribution is -0.145. The van der Waals surface area contributed by atoms with Crippen molar-refractivity contribution in [1.29, 1.82) is 0 Å². The molecule has 4 fully saturated rings. The summed E-state index contributed by atoms with van der Waals surface area (Å²) in [4.78, 5) is 24.4. The maximum atomic E-state index is 12.7. The standard InChI is InChI=1S/C16H25BrN2O2/c1-10(2)19-13(20)8-18-14(21)15-4-11-3-12(5-15)7-16(17,6-11)9-15/h10-12H,3-9H2,1-2H3,(H,18,21)(H,19,20). The number of halogens is 1. The molecular formula is C16H25BrN2O2. The van der Waals surface area contributed by atoms with E-state index in [2.05, 4.69) is 26.6 Å². The Balaban J connectivity index is 1.63. The van der Waals surface area contributed by atoms with Crippen molar-refractivity contribution in [2.24, 2.45) is 17.3 Å². The number of hydrogen-bond donors (Lipinski definition) is 2. The van der Waals surface area contributed by atoms with Crippen LogP contribution in [0.2, 0.25) is 0 Å². The SMILES string of the molecule is CC(C)NC(=O)CNC(=O)C12CC3CC(CC(Br)(C3)C1)C2. The van der Waals surface area contributed by atoms with Crippen LogP contribution in [-0.2, 0) is 9.59 Å². The second-order valence-electron chi connectivity index (χ2n) is 7.80. The predicted molar refractivity (Wildman–Crippen MR) is 85.1 cm³/mol. The molecule has 4 aliphatic rings. The van der Waals surface area contributed by atoms with Crippen molar-refractivity contribution >= 4 is 27.7 Å². The normalized spacial score (nSPS) is 40.4. The summed E-state index contributed by atoms with van der Waals surface area (Å²) in [6.07, 6.45) is 6.67. The van der Waals surface area contributed by atoms with Crippen LogP contribution in [-0.4, -0.2) is 28.7 Å². The highest BCUT2D eigenvalue weighted by Gasteiger charge is 2.59. The van der Waals surface area contributed by atoms with Crippen LogP contribution in [0.25, 0.3) is 0 Å². The van der Waals surface area contributed by atoms with Crippen molar-refractivity contribution < 1.29 is 9.59 Å². The molecule has 5 heteroatoms. The summed E-state index contributed by atoms with van der Waals surface area (Å²) in [5, 5.41) is 5.71. The minimum atomic E-state index is -0.230. The van der Waals surface area contributed by atoms with Crippen LogP contribution in [0, 0.1) is 17.3 Å². The molecule has 4 rings (SSSR count). The molecule has 0 heterocycles. The number of amides is 2. The van der Waals surface area contributed by atoms with E-state index in [0.717, 1.165) is 19.3 Å². The van der Waals surface area contributed by atoms with Gasteiger partial charge in [0, 0.05) is 10.4 Å². The Morgan fingerprint density at radius 3 is 2.33 bits per heavy atom. The Kier molecular flexibility index (Phi) is 3.83. The molecule has 4 aliphatic carbocycles. The van der Waals surface area contributed by atoms with Crippen molar-refractivity contribution in [2.75, 3.05) is 6.54 Å². The van der Waals surface area contributed by atoms with E-state index in [4.69, 9.17) is 0 Å². The Labute approximate surface area is 134 Å². The molecule has 4 saturated carbocycles. The Morgan fingerprint density at radius 2 is 1.81 bits per heavy atom. The van der Waals surface area contributed by atoms with Gasteiger partial charge < -0.3 is 10.6 Å². The average Bonchev–Trinajstić information content (AvgIpc) is 2.31. The van der Waals surface area contributed by atoms with Crippen LogP contribution in [0.3, 0.4) is 0 Å². The molecule has 2 unspecified atom stereocenters. The van der Waals surface area contributed by atoms with E-state index in [1.54, 1.807) is 0 Å². The number of hydrogen-bond acceptors (Lipinski definition) is 2. The number of rotatable bonds is 4. The lowest BCUT2D eigenvalue weighted by atomic mass is 9.49. The van der Waals surface area contributed by atoms with Crippen molar-refractivity contribution in [1.82, 2.24) is 10.6 Å². The van der Waals surface area contributed by atoms with Gasteiger partial charge in [0.05, 0.1) is 12.0 Å². The maximum Gasteiger partial charge on any atom is 0.239 e. The van der Waals surface area contributed by atoms with E-state index in [-0.39, 0.29) is 34.1 Å². The van der Waals surface area contributed by atoms with Gasteiger partial charge in [0.25, 0.3) is 0 Å². The number of alkyl halides is 1. The Hall–Kier alpha value is -0.580. The highest BCUT2D eigenvalue weighted by atomic mass is 79.9. The summed E-state index contributed by atoms with van der Waals surface area (Å²) < 4.78 is 0.175. The minimum Gasteiger partial charge on any atom is -0.352 e. The van der Waals surface area contributed by atoms with E-state index >= 15 is 0 Å². The Morgan fingerprint density at radius 1 is 1.19 bits per heavy atom. The van der Waals surface area contributed by atoms with Gasteiger partial charge in [-0.15, -0.1) is 0 Å². The molecular weight excluding hydrogens is 332 g/mol. The van der Waals surface area contributed by atoms with Gasteiger partial charge in [-0.05, 0) is 64.2 Å². The molecule has 0 spiro atoms. The molecule has 0 aromatic heterocycles. The van der Waals surface area contributed by atoms with Gasteiger partial charge in [0.15, 0.2) is 0 Å². The minimum absolute atomic E-state index is 0.0966. The summed E-state index contributed by atoms with van der Waals surface area (Å²) >= 11 is 3.91. The summed E-state index contributed by atoms with van der Waals surface area (Å²) in [6.45, 7) is 3.95. The van der Waals surface area contributed by atoms with E-state index in [0.29, 0.717) is 11.8 Å². The third kappa shape index (κ3) is 2.99. The molecule has 0 aromatic rings. The topological polar surface area (TPSA) is 58.2 Å². The van der Waals surface area contributed by atoms with Crippen LogP contribution in [0.15, 0.2) is 0 Å². The van der Waals surface area contributed by atoms with Crippen LogP contribution >= 0.6 is 15.9 Å². The zero-order valence-corrected chi connectivity index (χ0v) is 14.5. The third-order valence-electron chi connectivity index (χ3n) is 5.33. The van der Waals surface area contributed by atoms with Gasteiger partial charge in [-0.3, -0.25) is 9.59 Å². The lowest BCUT2D eigenvalue weighted by Crippen LogP contribution is -2.59. The van der Waals surface area contributed by atoms with Crippen LogP contribution in [0.4, 0.5) is 0 Å². The highest BCUT2D eigenvalue weighted by molar-refractivity contribution is 9.10. The van der Waals surface area contributed by atoms with E-state index in [1.165, 1.54) is 19.3 Å². The molecule has 2 N–H and O–H groups in total. The molecule has 2 atom stereocenters. The largest absolute Gasteiger partial charge is 0.352 e. The molecule has 0 aromatic carbocycles. The molecule has 0 aliphatic heterocycles. The van der Waals surface area contributed by atoms with Gasteiger partial charge in [-0.25, -0.2) is 0 Å². The summed E-state index contributed by atoms with van der Waals surface area (Å²) in [5.74, 6) is 1.36. The van der Waals surface area contributed by atoms with Crippen LogP contribution < -0.4 is 10.6 Å². The second-order valence-corrected chi connectivity index (χ2v) is 9.48. The van der Waals surface area contributed by atoms with Crippen molar-refractivity contribution in [3.05, 3.63) is 0 Å². The molecule has 0 saturated heterocycles. The Bertz CT molecular complexity index is 449. The molecule has 118 valence electrons. The van der Waals surface area contributed by atoms with E-state index in [1.807, 2.05) is 13.8 Å². The number of nitrogens with one attached hydrogen (secondary N) is 2. The first-order valence-electron chi connectivity index (χ1n) is 8.07. The van der Waals surface area contributed by atoms with Gasteiger partial charge >= 0.3 is 0 Å². The first-order valence-corrected chi connectivity index (χ1v) is 8.86. The summed E-state index contributed by atoms with van der Waals surface area (Å²) in [5.41, 5.74) is -0.230. The quantitative estimate of drug-likeness (QED) is 0.759. The van der Waals surface area contributed by atoms with E-state index < -0.39 is 0 Å². The average molecular weight is 357 g/mol.